The molecule has 1 rings (SSSR count). The molecule has 0 amide bonds. The third-order valence-electron chi connectivity index (χ3n) is 1.94. The van der Waals surface area contributed by atoms with Crippen molar-refractivity contribution in [3.63, 3.8) is 0 Å². The smallest absolute Gasteiger partial charge is 0.401 e. The molecule has 0 radical (unpaired) electrons. The van der Waals surface area contributed by atoms with Crippen molar-refractivity contribution < 1.29 is 22.7 Å². The minimum Gasteiger partial charge on any atom is -0.505 e. The molecular formula is C10H8F4N2O. The van der Waals surface area contributed by atoms with Gasteiger partial charge in [0, 0.05) is 0 Å². The van der Waals surface area contributed by atoms with Gasteiger partial charge in [0.1, 0.15) is 6.04 Å². The molecule has 0 fully saturated rings. The highest BCUT2D eigenvalue weighted by Crippen LogP contribution is 2.21. The third kappa shape index (κ3) is 3.92. The molecule has 0 aromatic heterocycles. The monoisotopic (exact) mass is 248 g/mol. The van der Waals surface area contributed by atoms with Crippen LogP contribution in [-0.2, 0) is 0 Å². The summed E-state index contributed by atoms with van der Waals surface area (Å²) in [7, 11) is 0. The van der Waals surface area contributed by atoms with E-state index in [1.165, 1.54) is 6.07 Å². The molecular weight excluding hydrogens is 240 g/mol. The second-order valence-electron chi connectivity index (χ2n) is 3.27. The van der Waals surface area contributed by atoms with Crippen molar-refractivity contribution in [3.05, 3.63) is 29.6 Å². The Morgan fingerprint density at radius 3 is 2.53 bits per heavy atom. The average molecular weight is 248 g/mol. The van der Waals surface area contributed by atoms with E-state index in [0.717, 1.165) is 12.1 Å². The molecule has 0 heterocycles. The Labute approximate surface area is 94.3 Å². The lowest BCUT2D eigenvalue weighted by Gasteiger charge is -2.13. The largest absolute Gasteiger partial charge is 0.505 e. The second-order valence-corrected chi connectivity index (χ2v) is 3.27. The zero-order valence-corrected chi connectivity index (χ0v) is 8.42. The maximum atomic E-state index is 12.9. The van der Waals surface area contributed by atoms with Crippen molar-refractivity contribution in [1.29, 1.82) is 5.26 Å². The number of hydrogen-bond donors (Lipinski definition) is 2. The van der Waals surface area contributed by atoms with Gasteiger partial charge >= 0.3 is 6.18 Å². The molecule has 1 aromatic carbocycles. The van der Waals surface area contributed by atoms with Gasteiger partial charge in [-0.1, -0.05) is 6.07 Å². The number of aromatic hydroxyl groups is 1. The molecule has 1 atom stereocenters. The Balaban J connectivity index is 2.81. The molecule has 1 unspecified atom stereocenters. The molecule has 0 spiro atoms. The van der Waals surface area contributed by atoms with Crippen LogP contribution < -0.4 is 5.32 Å². The molecule has 2 N–H and O–H groups in total. The lowest BCUT2D eigenvalue weighted by Crippen LogP contribution is -2.31. The standard InChI is InChI=1S/C10H8F4N2O/c11-7-3-6(1-2-9(7)17)8(4-15)16-5-10(12,13)14/h1-3,8,16-17H,5H2. The number of hydrogen-bond acceptors (Lipinski definition) is 3. The van der Waals surface area contributed by atoms with Gasteiger partial charge in [0.2, 0.25) is 0 Å². The first-order valence-corrected chi connectivity index (χ1v) is 4.51. The number of phenols is 1. The highest BCUT2D eigenvalue weighted by atomic mass is 19.4. The Bertz CT molecular complexity index is 439. The second kappa shape index (κ2) is 5.01. The summed E-state index contributed by atoms with van der Waals surface area (Å²) in [6.45, 7) is -1.35. The van der Waals surface area contributed by atoms with Crippen molar-refractivity contribution in [2.24, 2.45) is 0 Å². The predicted octanol–water partition coefficient (Wildman–Crippen LogP) is 2.25. The SMILES string of the molecule is N#CC(NCC(F)(F)F)c1ccc(O)c(F)c1. The molecule has 0 aliphatic carbocycles. The van der Waals surface area contributed by atoms with E-state index in [1.807, 2.05) is 5.32 Å². The lowest BCUT2D eigenvalue weighted by molar-refractivity contribution is -0.125. The fourth-order valence-corrected chi connectivity index (χ4v) is 1.16. The molecule has 3 nitrogen and oxygen atoms in total. The van der Waals surface area contributed by atoms with Gasteiger partial charge in [0.05, 0.1) is 12.6 Å². The molecule has 1 aromatic rings. The summed E-state index contributed by atoms with van der Waals surface area (Å²) in [5.41, 5.74) is 0.0204. The van der Waals surface area contributed by atoms with Crippen LogP contribution in [0.2, 0.25) is 0 Å². The van der Waals surface area contributed by atoms with Gasteiger partial charge in [0.15, 0.2) is 11.6 Å². The van der Waals surface area contributed by atoms with Crippen LogP contribution in [0.5, 0.6) is 5.75 Å². The summed E-state index contributed by atoms with van der Waals surface area (Å²) in [5.74, 6) is -1.61. The molecule has 0 bridgehead atoms. The van der Waals surface area contributed by atoms with Crippen LogP contribution in [-0.4, -0.2) is 17.8 Å². The van der Waals surface area contributed by atoms with E-state index in [4.69, 9.17) is 10.4 Å². The first kappa shape index (κ1) is 13.3. The molecule has 7 heteroatoms. The van der Waals surface area contributed by atoms with E-state index < -0.39 is 30.3 Å². The Morgan fingerprint density at radius 1 is 1.41 bits per heavy atom. The minimum atomic E-state index is -4.45. The number of rotatable bonds is 3. The van der Waals surface area contributed by atoms with Gasteiger partial charge in [-0.25, -0.2) is 4.39 Å². The van der Waals surface area contributed by atoms with Crippen LogP contribution in [0.4, 0.5) is 17.6 Å². The summed E-state index contributed by atoms with van der Waals surface area (Å²) in [6, 6.07) is 3.26. The molecule has 0 saturated carbocycles. The van der Waals surface area contributed by atoms with E-state index >= 15 is 0 Å². The van der Waals surface area contributed by atoms with E-state index in [9.17, 15) is 17.6 Å². The number of nitrogens with one attached hydrogen (secondary N) is 1. The van der Waals surface area contributed by atoms with Crippen LogP contribution in [0.1, 0.15) is 11.6 Å². The summed E-state index contributed by atoms with van der Waals surface area (Å²) in [4.78, 5) is 0. The zero-order valence-electron chi connectivity index (χ0n) is 8.42. The summed E-state index contributed by atoms with van der Waals surface area (Å²) < 4.78 is 48.7. The van der Waals surface area contributed by atoms with Gasteiger partial charge in [-0.3, -0.25) is 5.32 Å². The fraction of sp³-hybridized carbons (Fsp3) is 0.300. The summed E-state index contributed by atoms with van der Waals surface area (Å²) in [5, 5.41) is 19.5. The Kier molecular flexibility index (Phi) is 3.91. The number of nitriles is 1. The topological polar surface area (TPSA) is 56.0 Å². The number of phenolic OH excluding ortho intramolecular Hbond substituents is 1. The van der Waals surface area contributed by atoms with Crippen LogP contribution in [0, 0.1) is 17.1 Å². The van der Waals surface area contributed by atoms with Crippen molar-refractivity contribution >= 4 is 0 Å². The van der Waals surface area contributed by atoms with Crippen LogP contribution in [0.25, 0.3) is 0 Å². The maximum Gasteiger partial charge on any atom is 0.401 e. The zero-order chi connectivity index (χ0) is 13.1. The Morgan fingerprint density at radius 2 is 2.06 bits per heavy atom. The van der Waals surface area contributed by atoms with Gasteiger partial charge in [-0.15, -0.1) is 0 Å². The van der Waals surface area contributed by atoms with Gasteiger partial charge in [0.25, 0.3) is 0 Å². The van der Waals surface area contributed by atoms with Crippen molar-refractivity contribution in [1.82, 2.24) is 5.32 Å². The molecule has 17 heavy (non-hydrogen) atoms. The first-order chi connectivity index (χ1) is 7.83. The van der Waals surface area contributed by atoms with Gasteiger partial charge in [-0.2, -0.15) is 18.4 Å². The lowest BCUT2D eigenvalue weighted by atomic mass is 10.1. The van der Waals surface area contributed by atoms with E-state index in [-0.39, 0.29) is 5.56 Å². The van der Waals surface area contributed by atoms with Crippen molar-refractivity contribution in [2.45, 2.75) is 12.2 Å². The minimum absolute atomic E-state index is 0.0204. The summed E-state index contributed by atoms with van der Waals surface area (Å²) >= 11 is 0. The number of halogens is 4. The highest BCUT2D eigenvalue weighted by molar-refractivity contribution is 5.32. The molecule has 0 aliphatic rings. The van der Waals surface area contributed by atoms with Crippen LogP contribution >= 0.6 is 0 Å². The predicted molar refractivity (Wildman–Crippen MR) is 50.5 cm³/mol. The summed E-state index contributed by atoms with van der Waals surface area (Å²) in [6.07, 6.45) is -4.45. The number of alkyl halides is 3. The normalized spacial score (nSPS) is 13.1. The van der Waals surface area contributed by atoms with E-state index in [0.29, 0.717) is 0 Å². The fourth-order valence-electron chi connectivity index (χ4n) is 1.16. The van der Waals surface area contributed by atoms with Crippen LogP contribution in [0.15, 0.2) is 18.2 Å². The number of nitrogens with zero attached hydrogens (tertiary/aromatic N) is 1. The third-order valence-corrected chi connectivity index (χ3v) is 1.94. The molecule has 0 saturated heterocycles. The first-order valence-electron chi connectivity index (χ1n) is 4.51. The molecule has 92 valence electrons. The average Bonchev–Trinajstić information content (AvgIpc) is 2.22. The molecule has 0 aliphatic heterocycles. The van der Waals surface area contributed by atoms with Gasteiger partial charge < -0.3 is 5.11 Å². The van der Waals surface area contributed by atoms with E-state index in [1.54, 1.807) is 6.07 Å². The number of benzene rings is 1. The van der Waals surface area contributed by atoms with Crippen molar-refractivity contribution in [2.75, 3.05) is 6.54 Å². The van der Waals surface area contributed by atoms with Gasteiger partial charge in [-0.05, 0) is 17.7 Å². The highest BCUT2D eigenvalue weighted by Gasteiger charge is 2.28. The maximum absolute atomic E-state index is 12.9. The van der Waals surface area contributed by atoms with Crippen LogP contribution in [0.3, 0.4) is 0 Å². The quantitative estimate of drug-likeness (QED) is 0.806. The Hall–Kier alpha value is -1.81. The van der Waals surface area contributed by atoms with E-state index in [2.05, 4.69) is 0 Å². The van der Waals surface area contributed by atoms with Crippen molar-refractivity contribution in [3.8, 4) is 11.8 Å².